The van der Waals surface area contributed by atoms with Crippen LogP contribution < -0.4 is 14.8 Å². The summed E-state index contributed by atoms with van der Waals surface area (Å²) in [5.74, 6) is 1.30. The maximum Gasteiger partial charge on any atom is 0.411 e. The minimum Gasteiger partial charge on any atom is -0.497 e. The fraction of sp³-hybridized carbons (Fsp3) is 0.259. The van der Waals surface area contributed by atoms with Crippen molar-refractivity contribution in [2.24, 2.45) is 0 Å². The molecule has 1 N–H and O–H groups in total. The topological polar surface area (TPSA) is 77.1 Å². The Bertz CT molecular complexity index is 1150. The zero-order valence-electron chi connectivity index (χ0n) is 19.3. The summed E-state index contributed by atoms with van der Waals surface area (Å²) in [5.41, 5.74) is 3.26. The van der Waals surface area contributed by atoms with Crippen LogP contribution in [0.5, 0.6) is 11.5 Å². The van der Waals surface area contributed by atoms with Crippen molar-refractivity contribution in [3.05, 3.63) is 89.5 Å². The van der Waals surface area contributed by atoms with Gasteiger partial charge < -0.3 is 19.1 Å². The second-order valence-electron chi connectivity index (χ2n) is 8.07. The molecule has 7 heteroatoms. The Morgan fingerprint density at radius 3 is 2.62 bits per heavy atom. The van der Waals surface area contributed by atoms with Crippen molar-refractivity contribution in [2.75, 3.05) is 12.4 Å². The zero-order valence-corrected chi connectivity index (χ0v) is 19.3. The third-order valence-corrected chi connectivity index (χ3v) is 5.62. The van der Waals surface area contributed by atoms with Gasteiger partial charge in [0, 0.05) is 24.3 Å². The van der Waals surface area contributed by atoms with Gasteiger partial charge in [0.25, 0.3) is 5.91 Å². The Hall–Kier alpha value is -4.00. The van der Waals surface area contributed by atoms with Gasteiger partial charge in [-0.05, 0) is 47.9 Å². The van der Waals surface area contributed by atoms with Gasteiger partial charge in [0.15, 0.2) is 6.10 Å². The number of hydrogen-bond donors (Lipinski definition) is 1. The van der Waals surface area contributed by atoms with E-state index in [9.17, 15) is 9.59 Å². The summed E-state index contributed by atoms with van der Waals surface area (Å²) in [5, 5.41) is 2.76. The van der Waals surface area contributed by atoms with Gasteiger partial charge in [-0.1, -0.05) is 49.4 Å². The fourth-order valence-corrected chi connectivity index (χ4v) is 3.85. The van der Waals surface area contributed by atoms with E-state index in [0.717, 1.165) is 22.4 Å². The lowest BCUT2D eigenvalue weighted by Gasteiger charge is -2.23. The molecule has 0 saturated heterocycles. The van der Waals surface area contributed by atoms with E-state index in [4.69, 9.17) is 14.2 Å². The summed E-state index contributed by atoms with van der Waals surface area (Å²) in [4.78, 5) is 27.2. The third-order valence-electron chi connectivity index (χ3n) is 5.62. The molecule has 0 unspecified atom stereocenters. The Morgan fingerprint density at radius 1 is 1.06 bits per heavy atom. The largest absolute Gasteiger partial charge is 0.497 e. The molecule has 0 radical (unpaired) electrons. The zero-order chi connectivity index (χ0) is 23.9. The number of ether oxygens (including phenoxy) is 3. The average molecular weight is 461 g/mol. The van der Waals surface area contributed by atoms with E-state index in [1.54, 1.807) is 24.1 Å². The second kappa shape index (κ2) is 10.7. The van der Waals surface area contributed by atoms with Crippen molar-refractivity contribution in [1.82, 2.24) is 4.90 Å². The van der Waals surface area contributed by atoms with Crippen LogP contribution >= 0.6 is 0 Å². The number of amides is 2. The normalized spacial score (nSPS) is 15.1. The first kappa shape index (κ1) is 23.2. The Morgan fingerprint density at radius 2 is 1.85 bits per heavy atom. The first-order chi connectivity index (χ1) is 16.6. The molecule has 4 rings (SSSR count). The summed E-state index contributed by atoms with van der Waals surface area (Å²) in [6.45, 7) is 2.89. The Balaban J connectivity index is 1.49. The van der Waals surface area contributed by atoms with E-state index in [2.05, 4.69) is 5.32 Å². The first-order valence-corrected chi connectivity index (χ1v) is 11.2. The highest BCUT2D eigenvalue weighted by molar-refractivity contribution is 5.85. The molecule has 0 aromatic heterocycles. The number of carbonyl (C=O) groups is 2. The lowest BCUT2D eigenvalue weighted by molar-refractivity contribution is -0.139. The number of methoxy groups -OCH3 is 1. The van der Waals surface area contributed by atoms with Gasteiger partial charge in [-0.15, -0.1) is 0 Å². The SMILES string of the molecule is CC[C@@H]1Oc2ccc(NC(=O)OCc3ccccc3)cc2CN(Cc2cccc(OC)c2)C1=O. The highest BCUT2D eigenvalue weighted by atomic mass is 16.5. The van der Waals surface area contributed by atoms with Crippen molar-refractivity contribution in [1.29, 1.82) is 0 Å². The standard InChI is InChI=1S/C27H28N2O5/c1-3-24-26(30)29(16-20-10-7-11-23(14-20)32-2)17-21-15-22(12-13-25(21)34-24)28-27(31)33-18-19-8-5-4-6-9-19/h4-15,24H,3,16-18H2,1-2H3,(H,28,31)/t24-/m0/s1. The predicted octanol–water partition coefficient (Wildman–Crippen LogP) is 5.14. The van der Waals surface area contributed by atoms with Crippen LogP contribution in [0.3, 0.4) is 0 Å². The van der Waals surface area contributed by atoms with Crippen LogP contribution in [0, 0.1) is 0 Å². The highest BCUT2D eigenvalue weighted by Crippen LogP contribution is 2.30. The van der Waals surface area contributed by atoms with E-state index in [-0.39, 0.29) is 12.5 Å². The van der Waals surface area contributed by atoms with Crippen molar-refractivity contribution in [2.45, 2.75) is 39.1 Å². The smallest absolute Gasteiger partial charge is 0.411 e. The molecule has 2 amide bonds. The third kappa shape index (κ3) is 5.67. The first-order valence-electron chi connectivity index (χ1n) is 11.2. The van der Waals surface area contributed by atoms with Crippen LogP contribution in [-0.2, 0) is 29.2 Å². The minimum atomic E-state index is -0.568. The number of benzene rings is 3. The van der Waals surface area contributed by atoms with E-state index >= 15 is 0 Å². The van der Waals surface area contributed by atoms with Crippen LogP contribution in [0.15, 0.2) is 72.8 Å². The number of anilines is 1. The lowest BCUT2D eigenvalue weighted by atomic mass is 10.1. The predicted molar refractivity (Wildman–Crippen MR) is 129 cm³/mol. The molecular weight excluding hydrogens is 432 g/mol. The molecule has 1 heterocycles. The molecule has 0 saturated carbocycles. The highest BCUT2D eigenvalue weighted by Gasteiger charge is 2.30. The summed E-state index contributed by atoms with van der Waals surface area (Å²) in [6.07, 6.45) is -0.561. The molecule has 1 aliphatic rings. The van der Waals surface area contributed by atoms with Crippen molar-refractivity contribution in [3.8, 4) is 11.5 Å². The molecule has 0 aliphatic carbocycles. The van der Waals surface area contributed by atoms with E-state index in [1.807, 2.05) is 67.6 Å². The number of carbonyl (C=O) groups excluding carboxylic acids is 2. The van der Waals surface area contributed by atoms with E-state index < -0.39 is 12.2 Å². The van der Waals surface area contributed by atoms with Crippen LogP contribution in [-0.4, -0.2) is 30.1 Å². The molecule has 1 aliphatic heterocycles. The van der Waals surface area contributed by atoms with Crippen molar-refractivity contribution in [3.63, 3.8) is 0 Å². The van der Waals surface area contributed by atoms with Gasteiger partial charge in [0.1, 0.15) is 18.1 Å². The number of fused-ring (bicyclic) bond motifs is 1. The fourth-order valence-electron chi connectivity index (χ4n) is 3.85. The van der Waals surface area contributed by atoms with Gasteiger partial charge in [-0.3, -0.25) is 10.1 Å². The van der Waals surface area contributed by atoms with Crippen LogP contribution in [0.4, 0.5) is 10.5 Å². The van der Waals surface area contributed by atoms with Crippen molar-refractivity contribution >= 4 is 17.7 Å². The molecule has 1 atom stereocenters. The molecular formula is C27H28N2O5. The lowest BCUT2D eigenvalue weighted by Crippen LogP contribution is -2.38. The van der Waals surface area contributed by atoms with E-state index in [0.29, 0.717) is 30.9 Å². The van der Waals surface area contributed by atoms with Gasteiger partial charge in [0.05, 0.1) is 7.11 Å². The number of rotatable bonds is 7. The summed E-state index contributed by atoms with van der Waals surface area (Å²) < 4.78 is 16.7. The Kier molecular flexibility index (Phi) is 7.32. The van der Waals surface area contributed by atoms with Gasteiger partial charge in [-0.2, -0.15) is 0 Å². The minimum absolute atomic E-state index is 0.0710. The second-order valence-corrected chi connectivity index (χ2v) is 8.07. The Labute approximate surface area is 199 Å². The summed E-state index contributed by atoms with van der Waals surface area (Å²) in [6, 6.07) is 22.5. The summed E-state index contributed by atoms with van der Waals surface area (Å²) >= 11 is 0. The molecule has 0 bridgehead atoms. The van der Waals surface area contributed by atoms with Crippen LogP contribution in [0.1, 0.15) is 30.0 Å². The number of nitrogens with zero attached hydrogens (tertiary/aromatic N) is 1. The van der Waals surface area contributed by atoms with E-state index in [1.165, 1.54) is 0 Å². The van der Waals surface area contributed by atoms with Crippen LogP contribution in [0.25, 0.3) is 0 Å². The van der Waals surface area contributed by atoms with Gasteiger partial charge in [0.2, 0.25) is 0 Å². The maximum atomic E-state index is 13.2. The molecule has 7 nitrogen and oxygen atoms in total. The number of hydrogen-bond acceptors (Lipinski definition) is 5. The van der Waals surface area contributed by atoms with Crippen molar-refractivity contribution < 1.29 is 23.8 Å². The van der Waals surface area contributed by atoms with Gasteiger partial charge in [-0.25, -0.2) is 4.79 Å². The number of nitrogens with one attached hydrogen (secondary N) is 1. The summed E-state index contributed by atoms with van der Waals surface area (Å²) in [7, 11) is 1.62. The molecule has 0 fully saturated rings. The average Bonchev–Trinajstić information content (AvgIpc) is 2.99. The molecule has 176 valence electrons. The maximum absolute atomic E-state index is 13.2. The molecule has 3 aromatic rings. The molecule has 0 spiro atoms. The van der Waals surface area contributed by atoms with Gasteiger partial charge >= 0.3 is 6.09 Å². The van der Waals surface area contributed by atoms with Crippen LogP contribution in [0.2, 0.25) is 0 Å². The monoisotopic (exact) mass is 460 g/mol. The molecule has 34 heavy (non-hydrogen) atoms. The molecule has 3 aromatic carbocycles. The quantitative estimate of drug-likeness (QED) is 0.528.